The van der Waals surface area contributed by atoms with Crippen molar-refractivity contribution >= 4 is 11.6 Å². The number of hydrogen-bond acceptors (Lipinski definition) is 2. The van der Waals surface area contributed by atoms with E-state index in [-0.39, 0.29) is 11.6 Å². The number of hydrogen-bond donors (Lipinski definition) is 0. The number of likely N-dealkylation sites (N-methyl/N-ethyl adjacent to an activating group) is 1. The third kappa shape index (κ3) is 3.15. The van der Waals surface area contributed by atoms with E-state index < -0.39 is 11.9 Å². The van der Waals surface area contributed by atoms with Crippen molar-refractivity contribution in [3.63, 3.8) is 0 Å². The normalized spacial score (nSPS) is 11.8. The first kappa shape index (κ1) is 14.1. The lowest BCUT2D eigenvalue weighted by molar-refractivity contribution is -0.124. The van der Waals surface area contributed by atoms with Crippen LogP contribution in [-0.2, 0) is 4.79 Å². The molecule has 0 aliphatic rings. The Morgan fingerprint density at radius 3 is 2.35 bits per heavy atom. The van der Waals surface area contributed by atoms with Crippen LogP contribution in [0.1, 0.15) is 6.92 Å². The topological polar surface area (TPSA) is 29.5 Å². The number of benzene rings is 2. The summed E-state index contributed by atoms with van der Waals surface area (Å²) in [4.78, 5) is 13.5. The molecule has 0 aliphatic heterocycles. The second kappa shape index (κ2) is 6.19. The lowest BCUT2D eigenvalue weighted by atomic mass is 10.2. The zero-order chi connectivity index (χ0) is 14.5. The summed E-state index contributed by atoms with van der Waals surface area (Å²) in [5, 5.41) is 0. The van der Waals surface area contributed by atoms with E-state index in [0.717, 1.165) is 0 Å². The molecule has 0 saturated heterocycles. The zero-order valence-corrected chi connectivity index (χ0v) is 11.4. The van der Waals surface area contributed by atoms with Gasteiger partial charge in [0.1, 0.15) is 11.6 Å². The van der Waals surface area contributed by atoms with Crippen LogP contribution < -0.4 is 9.64 Å². The third-order valence-corrected chi connectivity index (χ3v) is 2.95. The molecular formula is C16H16FNO2. The smallest absolute Gasteiger partial charge is 0.267 e. The van der Waals surface area contributed by atoms with Crippen molar-refractivity contribution in [1.29, 1.82) is 0 Å². The fourth-order valence-corrected chi connectivity index (χ4v) is 1.87. The Morgan fingerprint density at radius 1 is 1.10 bits per heavy atom. The molecule has 0 heterocycles. The van der Waals surface area contributed by atoms with Gasteiger partial charge in [-0.05, 0) is 31.2 Å². The van der Waals surface area contributed by atoms with Crippen LogP contribution in [0, 0.1) is 5.82 Å². The predicted molar refractivity (Wildman–Crippen MR) is 76.3 cm³/mol. The average Bonchev–Trinajstić information content (AvgIpc) is 2.47. The summed E-state index contributed by atoms with van der Waals surface area (Å²) in [7, 11) is 1.53. The minimum Gasteiger partial charge on any atom is -0.481 e. The predicted octanol–water partition coefficient (Wildman–Crippen LogP) is 3.26. The van der Waals surface area contributed by atoms with E-state index in [4.69, 9.17) is 4.74 Å². The van der Waals surface area contributed by atoms with Gasteiger partial charge < -0.3 is 9.64 Å². The first-order valence-electron chi connectivity index (χ1n) is 6.33. The molecule has 0 spiro atoms. The molecule has 2 aromatic rings. The molecule has 3 nitrogen and oxygen atoms in total. The molecule has 0 aliphatic carbocycles. The van der Waals surface area contributed by atoms with Gasteiger partial charge in [-0.3, -0.25) is 4.79 Å². The van der Waals surface area contributed by atoms with Crippen LogP contribution >= 0.6 is 0 Å². The SMILES string of the molecule is C[C@@H](Oc1ccccc1)C(=O)N(C)c1ccccc1F. The molecule has 0 fully saturated rings. The van der Waals surface area contributed by atoms with Gasteiger partial charge in [0, 0.05) is 7.05 Å². The van der Waals surface area contributed by atoms with Crippen LogP contribution in [0.25, 0.3) is 0 Å². The molecule has 2 aromatic carbocycles. The van der Waals surface area contributed by atoms with Crippen molar-refractivity contribution in [2.45, 2.75) is 13.0 Å². The molecule has 0 unspecified atom stereocenters. The first-order valence-corrected chi connectivity index (χ1v) is 6.33. The Hall–Kier alpha value is -2.36. The van der Waals surface area contributed by atoms with Gasteiger partial charge in [-0.1, -0.05) is 30.3 Å². The number of amides is 1. The van der Waals surface area contributed by atoms with Crippen LogP contribution in [0.2, 0.25) is 0 Å². The van der Waals surface area contributed by atoms with Gasteiger partial charge in [-0.15, -0.1) is 0 Å². The maximum atomic E-state index is 13.7. The molecule has 1 atom stereocenters. The van der Waals surface area contributed by atoms with Crippen LogP contribution in [0.5, 0.6) is 5.75 Å². The van der Waals surface area contributed by atoms with Gasteiger partial charge in [-0.2, -0.15) is 0 Å². The van der Waals surface area contributed by atoms with E-state index in [1.165, 1.54) is 18.0 Å². The van der Waals surface area contributed by atoms with Gasteiger partial charge in [0.15, 0.2) is 6.10 Å². The quantitative estimate of drug-likeness (QED) is 0.855. The minimum atomic E-state index is -0.693. The van der Waals surface area contributed by atoms with Crippen molar-refractivity contribution < 1.29 is 13.9 Å². The molecule has 20 heavy (non-hydrogen) atoms. The fourth-order valence-electron chi connectivity index (χ4n) is 1.87. The van der Waals surface area contributed by atoms with Crippen LogP contribution in [0.15, 0.2) is 54.6 Å². The lowest BCUT2D eigenvalue weighted by Crippen LogP contribution is -2.38. The highest BCUT2D eigenvalue weighted by molar-refractivity contribution is 5.96. The van der Waals surface area contributed by atoms with E-state index in [2.05, 4.69) is 0 Å². The second-order valence-electron chi connectivity index (χ2n) is 4.42. The number of nitrogens with zero attached hydrogens (tertiary/aromatic N) is 1. The number of ether oxygens (including phenoxy) is 1. The van der Waals surface area contributed by atoms with Crippen molar-refractivity contribution in [3.8, 4) is 5.75 Å². The van der Waals surface area contributed by atoms with Gasteiger partial charge in [0.05, 0.1) is 5.69 Å². The van der Waals surface area contributed by atoms with Crippen LogP contribution in [0.4, 0.5) is 10.1 Å². The van der Waals surface area contributed by atoms with E-state index in [9.17, 15) is 9.18 Å². The van der Waals surface area contributed by atoms with Crippen molar-refractivity contribution in [1.82, 2.24) is 0 Å². The molecule has 0 N–H and O–H groups in total. The van der Waals surface area contributed by atoms with Gasteiger partial charge in [0.25, 0.3) is 5.91 Å². The average molecular weight is 273 g/mol. The molecule has 4 heteroatoms. The first-order chi connectivity index (χ1) is 9.59. The van der Waals surface area contributed by atoms with Crippen LogP contribution in [-0.4, -0.2) is 19.1 Å². The zero-order valence-electron chi connectivity index (χ0n) is 11.4. The molecule has 0 aromatic heterocycles. The number of para-hydroxylation sites is 2. The summed E-state index contributed by atoms with van der Waals surface area (Å²) in [5.41, 5.74) is 0.237. The van der Waals surface area contributed by atoms with Gasteiger partial charge in [-0.25, -0.2) is 4.39 Å². The van der Waals surface area contributed by atoms with Crippen molar-refractivity contribution in [2.24, 2.45) is 0 Å². The van der Waals surface area contributed by atoms with E-state index in [0.29, 0.717) is 5.75 Å². The maximum absolute atomic E-state index is 13.7. The Balaban J connectivity index is 2.09. The summed E-state index contributed by atoms with van der Waals surface area (Å²) >= 11 is 0. The summed E-state index contributed by atoms with van der Waals surface area (Å²) in [6, 6.07) is 15.2. The fraction of sp³-hybridized carbons (Fsp3) is 0.188. The number of rotatable bonds is 4. The van der Waals surface area contributed by atoms with E-state index in [1.54, 1.807) is 37.3 Å². The van der Waals surface area contributed by atoms with E-state index in [1.807, 2.05) is 18.2 Å². The number of carbonyl (C=O) groups is 1. The third-order valence-electron chi connectivity index (χ3n) is 2.95. The highest BCUT2D eigenvalue weighted by Crippen LogP contribution is 2.19. The Kier molecular flexibility index (Phi) is 4.35. The Labute approximate surface area is 117 Å². The Morgan fingerprint density at radius 2 is 1.70 bits per heavy atom. The highest BCUT2D eigenvalue weighted by atomic mass is 19.1. The highest BCUT2D eigenvalue weighted by Gasteiger charge is 2.22. The standard InChI is InChI=1S/C16H16FNO2/c1-12(20-13-8-4-3-5-9-13)16(19)18(2)15-11-7-6-10-14(15)17/h3-12H,1-2H3/t12-/m1/s1. The largest absolute Gasteiger partial charge is 0.481 e. The monoisotopic (exact) mass is 273 g/mol. The molecule has 104 valence electrons. The summed E-state index contributed by atoms with van der Waals surface area (Å²) in [5.74, 6) is -0.135. The Bertz CT molecular complexity index is 586. The number of anilines is 1. The molecular weight excluding hydrogens is 257 g/mol. The lowest BCUT2D eigenvalue weighted by Gasteiger charge is -2.22. The maximum Gasteiger partial charge on any atom is 0.267 e. The van der Waals surface area contributed by atoms with Gasteiger partial charge in [0.2, 0.25) is 0 Å². The minimum absolute atomic E-state index is 0.237. The number of carbonyl (C=O) groups excluding carboxylic acids is 1. The molecule has 0 bridgehead atoms. The molecule has 0 saturated carbocycles. The summed E-state index contributed by atoms with van der Waals surface area (Å²) in [6.07, 6.45) is -0.693. The molecule has 2 rings (SSSR count). The van der Waals surface area contributed by atoms with Gasteiger partial charge >= 0.3 is 0 Å². The molecule has 0 radical (unpaired) electrons. The van der Waals surface area contributed by atoms with E-state index >= 15 is 0 Å². The second-order valence-corrected chi connectivity index (χ2v) is 4.42. The molecule has 1 amide bonds. The van der Waals surface area contributed by atoms with Crippen molar-refractivity contribution in [3.05, 3.63) is 60.4 Å². The van der Waals surface area contributed by atoms with Crippen LogP contribution in [0.3, 0.4) is 0 Å². The number of halogens is 1. The summed E-state index contributed by atoms with van der Waals surface area (Å²) < 4.78 is 19.2. The summed E-state index contributed by atoms with van der Waals surface area (Å²) in [6.45, 7) is 1.65. The van der Waals surface area contributed by atoms with Crippen molar-refractivity contribution in [2.75, 3.05) is 11.9 Å².